The molecule has 1 fully saturated rings. The summed E-state index contributed by atoms with van der Waals surface area (Å²) in [5, 5.41) is 3.88. The first-order chi connectivity index (χ1) is 6.67. The Hall–Kier alpha value is -0.420. The second-order valence-corrected chi connectivity index (χ2v) is 5.05. The molecule has 0 aliphatic heterocycles. The Morgan fingerprint density at radius 1 is 1.79 bits per heavy atom. The fourth-order valence-electron chi connectivity index (χ4n) is 1.26. The number of rotatable bonds is 3. The van der Waals surface area contributed by atoms with Crippen LogP contribution in [0.15, 0.2) is 5.51 Å². The summed E-state index contributed by atoms with van der Waals surface area (Å²) in [5.74, 6) is 0.0157. The molecule has 76 valence electrons. The van der Waals surface area contributed by atoms with E-state index in [1.54, 1.807) is 5.51 Å². The molecule has 1 aromatic heterocycles. The molecule has 0 spiro atoms. The zero-order chi connectivity index (χ0) is 10.2. The highest BCUT2D eigenvalue weighted by molar-refractivity contribution is 9.09. The number of amides is 1. The predicted molar refractivity (Wildman–Crippen MR) is 60.1 cm³/mol. The molecule has 0 radical (unpaired) electrons. The first kappa shape index (κ1) is 10.1. The lowest BCUT2D eigenvalue weighted by atomic mass is 10.3. The summed E-state index contributed by atoms with van der Waals surface area (Å²) in [7, 11) is 0. The molecular weight excluding hydrogens is 264 g/mol. The standard InChI is InChI=1S/C9H11BrN2OS/c1-6-7(14-5-11-6)8(13)12-9(4-10)2-3-9/h5H,2-4H2,1H3,(H,12,13). The van der Waals surface area contributed by atoms with E-state index in [1.807, 2.05) is 6.92 Å². The van der Waals surface area contributed by atoms with Crippen LogP contribution in [0.1, 0.15) is 28.2 Å². The molecule has 3 nitrogen and oxygen atoms in total. The van der Waals surface area contributed by atoms with E-state index in [9.17, 15) is 4.79 Å². The highest BCUT2D eigenvalue weighted by Crippen LogP contribution is 2.37. The van der Waals surface area contributed by atoms with Crippen LogP contribution in [0.3, 0.4) is 0 Å². The number of nitrogens with one attached hydrogen (secondary N) is 1. The second-order valence-electron chi connectivity index (χ2n) is 3.63. The SMILES string of the molecule is Cc1ncsc1C(=O)NC1(CBr)CC1. The number of carbonyl (C=O) groups is 1. The van der Waals surface area contributed by atoms with E-state index in [0.29, 0.717) is 0 Å². The van der Waals surface area contributed by atoms with Crippen molar-refractivity contribution in [1.82, 2.24) is 10.3 Å². The molecule has 1 heterocycles. The Morgan fingerprint density at radius 2 is 2.50 bits per heavy atom. The van der Waals surface area contributed by atoms with Crippen LogP contribution in [0.25, 0.3) is 0 Å². The summed E-state index contributed by atoms with van der Waals surface area (Å²) in [6.07, 6.45) is 2.14. The van der Waals surface area contributed by atoms with Crippen molar-refractivity contribution in [2.45, 2.75) is 25.3 Å². The normalized spacial score (nSPS) is 17.9. The van der Waals surface area contributed by atoms with Crippen LogP contribution in [0.2, 0.25) is 0 Å². The van der Waals surface area contributed by atoms with Crippen molar-refractivity contribution in [1.29, 1.82) is 0 Å². The number of alkyl halides is 1. The number of carbonyl (C=O) groups excluding carboxylic acids is 1. The van der Waals surface area contributed by atoms with Crippen LogP contribution in [0.4, 0.5) is 0 Å². The van der Waals surface area contributed by atoms with E-state index in [1.165, 1.54) is 11.3 Å². The van der Waals surface area contributed by atoms with Gasteiger partial charge in [-0.05, 0) is 19.8 Å². The van der Waals surface area contributed by atoms with Crippen molar-refractivity contribution < 1.29 is 4.79 Å². The number of nitrogens with zero attached hydrogens (tertiary/aromatic N) is 1. The number of aromatic nitrogens is 1. The summed E-state index contributed by atoms with van der Waals surface area (Å²) >= 11 is 4.81. The molecule has 1 saturated carbocycles. The lowest BCUT2D eigenvalue weighted by molar-refractivity contribution is 0.0940. The molecule has 5 heteroatoms. The topological polar surface area (TPSA) is 42.0 Å². The minimum absolute atomic E-state index is 0.0157. The molecule has 14 heavy (non-hydrogen) atoms. The Morgan fingerprint density at radius 3 is 2.93 bits per heavy atom. The summed E-state index contributed by atoms with van der Waals surface area (Å²) in [6.45, 7) is 1.86. The van der Waals surface area contributed by atoms with Gasteiger partial charge in [-0.15, -0.1) is 11.3 Å². The molecule has 1 aliphatic rings. The Bertz CT molecular complexity index is 359. The fraction of sp³-hybridized carbons (Fsp3) is 0.556. The molecule has 1 aliphatic carbocycles. The van der Waals surface area contributed by atoms with E-state index in [4.69, 9.17) is 0 Å². The van der Waals surface area contributed by atoms with E-state index in [0.717, 1.165) is 28.7 Å². The minimum atomic E-state index is 0.0157. The highest BCUT2D eigenvalue weighted by Gasteiger charge is 2.43. The van der Waals surface area contributed by atoms with Gasteiger partial charge in [0.1, 0.15) is 4.88 Å². The van der Waals surface area contributed by atoms with Crippen LogP contribution in [0.5, 0.6) is 0 Å². The van der Waals surface area contributed by atoms with Crippen molar-refractivity contribution in [3.05, 3.63) is 16.1 Å². The third kappa shape index (κ3) is 1.83. The summed E-state index contributed by atoms with van der Waals surface area (Å²) in [5.41, 5.74) is 2.55. The van der Waals surface area contributed by atoms with Gasteiger partial charge in [0.15, 0.2) is 0 Å². The van der Waals surface area contributed by atoms with E-state index in [-0.39, 0.29) is 11.4 Å². The number of halogens is 1. The summed E-state index contributed by atoms with van der Waals surface area (Å²) in [4.78, 5) is 16.6. The molecule has 0 bridgehead atoms. The monoisotopic (exact) mass is 274 g/mol. The van der Waals surface area contributed by atoms with Gasteiger partial charge >= 0.3 is 0 Å². The maximum Gasteiger partial charge on any atom is 0.263 e. The maximum atomic E-state index is 11.8. The summed E-state index contributed by atoms with van der Waals surface area (Å²) < 4.78 is 0. The fourth-order valence-corrected chi connectivity index (χ4v) is 2.66. The molecule has 2 rings (SSSR count). The number of aryl methyl sites for hydroxylation is 1. The maximum absolute atomic E-state index is 11.8. The second kappa shape index (κ2) is 3.62. The lowest BCUT2D eigenvalue weighted by Gasteiger charge is -2.13. The molecule has 0 aromatic carbocycles. The number of thiazole rings is 1. The predicted octanol–water partition coefficient (Wildman–Crippen LogP) is 2.11. The third-order valence-corrected chi connectivity index (χ3v) is 4.44. The van der Waals surface area contributed by atoms with Crippen molar-refractivity contribution in [2.24, 2.45) is 0 Å². The van der Waals surface area contributed by atoms with E-state index < -0.39 is 0 Å². The van der Waals surface area contributed by atoms with Crippen molar-refractivity contribution >= 4 is 33.2 Å². The van der Waals surface area contributed by atoms with Gasteiger partial charge in [-0.25, -0.2) is 4.98 Å². The number of hydrogen-bond donors (Lipinski definition) is 1. The Balaban J connectivity index is 2.07. The van der Waals surface area contributed by atoms with Gasteiger partial charge in [-0.2, -0.15) is 0 Å². The highest BCUT2D eigenvalue weighted by atomic mass is 79.9. The van der Waals surface area contributed by atoms with Crippen LogP contribution in [-0.2, 0) is 0 Å². The van der Waals surface area contributed by atoms with Crippen molar-refractivity contribution in [2.75, 3.05) is 5.33 Å². The van der Waals surface area contributed by atoms with Crippen LogP contribution < -0.4 is 5.32 Å². The lowest BCUT2D eigenvalue weighted by Crippen LogP contribution is -2.37. The smallest absolute Gasteiger partial charge is 0.263 e. The van der Waals surface area contributed by atoms with Crippen LogP contribution in [-0.4, -0.2) is 21.8 Å². The van der Waals surface area contributed by atoms with Gasteiger partial charge in [-0.3, -0.25) is 4.79 Å². The Labute approximate surface area is 95.1 Å². The van der Waals surface area contributed by atoms with Crippen molar-refractivity contribution in [3.8, 4) is 0 Å². The molecule has 1 aromatic rings. The molecule has 1 amide bonds. The van der Waals surface area contributed by atoms with E-state index in [2.05, 4.69) is 26.2 Å². The molecule has 0 atom stereocenters. The third-order valence-electron chi connectivity index (χ3n) is 2.44. The largest absolute Gasteiger partial charge is 0.345 e. The van der Waals surface area contributed by atoms with Crippen molar-refractivity contribution in [3.63, 3.8) is 0 Å². The van der Waals surface area contributed by atoms with Crippen LogP contribution in [0, 0.1) is 6.92 Å². The van der Waals surface area contributed by atoms with Gasteiger partial charge < -0.3 is 5.32 Å². The van der Waals surface area contributed by atoms with Gasteiger partial charge in [-0.1, -0.05) is 15.9 Å². The quantitative estimate of drug-likeness (QED) is 0.858. The van der Waals surface area contributed by atoms with Gasteiger partial charge in [0.2, 0.25) is 0 Å². The number of hydrogen-bond acceptors (Lipinski definition) is 3. The zero-order valence-corrected chi connectivity index (χ0v) is 10.2. The molecule has 0 unspecified atom stereocenters. The molecule has 1 N–H and O–H groups in total. The van der Waals surface area contributed by atoms with Gasteiger partial charge in [0.25, 0.3) is 5.91 Å². The van der Waals surface area contributed by atoms with E-state index >= 15 is 0 Å². The Kier molecular flexibility index (Phi) is 2.62. The van der Waals surface area contributed by atoms with Gasteiger partial charge in [0, 0.05) is 5.33 Å². The first-order valence-corrected chi connectivity index (χ1v) is 6.45. The first-order valence-electron chi connectivity index (χ1n) is 4.45. The van der Waals surface area contributed by atoms with Crippen LogP contribution >= 0.6 is 27.3 Å². The summed E-state index contributed by atoms with van der Waals surface area (Å²) in [6, 6.07) is 0. The van der Waals surface area contributed by atoms with Gasteiger partial charge in [0.05, 0.1) is 16.7 Å². The molecule has 0 saturated heterocycles. The average Bonchev–Trinajstić information content (AvgIpc) is 2.80. The average molecular weight is 275 g/mol. The molecular formula is C9H11BrN2OS. The zero-order valence-electron chi connectivity index (χ0n) is 7.84. The minimum Gasteiger partial charge on any atom is -0.345 e.